The first kappa shape index (κ1) is 15.0. The summed E-state index contributed by atoms with van der Waals surface area (Å²) in [6.45, 7) is 5.92. The molecule has 1 aliphatic heterocycles. The topological polar surface area (TPSA) is 48.1 Å². The largest absolute Gasteiger partial charge is 0.439 e. The van der Waals surface area contributed by atoms with E-state index in [1.54, 1.807) is 0 Å². The van der Waals surface area contributed by atoms with Crippen LogP contribution in [0.4, 0.5) is 0 Å². The smallest absolute Gasteiger partial charge is 0.304 e. The van der Waals surface area contributed by atoms with Crippen molar-refractivity contribution < 1.29 is 19.0 Å². The Morgan fingerprint density at radius 2 is 2.21 bits per heavy atom. The van der Waals surface area contributed by atoms with Crippen LogP contribution in [0.25, 0.3) is 0 Å². The molecular formula is C14H26O4Si. The highest BCUT2D eigenvalue weighted by atomic mass is 28.2. The maximum absolute atomic E-state index is 11.2. The summed E-state index contributed by atoms with van der Waals surface area (Å²) in [5.74, 6) is 0.565. The Morgan fingerprint density at radius 1 is 1.42 bits per heavy atom. The highest BCUT2D eigenvalue weighted by Gasteiger charge is 2.43. The molecule has 0 aromatic heterocycles. The Morgan fingerprint density at radius 3 is 2.84 bits per heavy atom. The van der Waals surface area contributed by atoms with Gasteiger partial charge >= 0.3 is 5.97 Å². The lowest BCUT2D eigenvalue weighted by molar-refractivity contribution is -0.186. The number of carbonyl (C=O) groups excluding carboxylic acids is 1. The summed E-state index contributed by atoms with van der Waals surface area (Å²) in [4.78, 5) is 11.2. The van der Waals surface area contributed by atoms with Gasteiger partial charge in [0.1, 0.15) is 9.52 Å². The number of esters is 1. The molecule has 4 unspecified atom stereocenters. The van der Waals surface area contributed by atoms with Gasteiger partial charge in [-0.2, -0.15) is 0 Å². The third-order valence-electron chi connectivity index (χ3n) is 4.17. The lowest BCUT2D eigenvalue weighted by Crippen LogP contribution is -2.40. The van der Waals surface area contributed by atoms with Crippen molar-refractivity contribution in [2.75, 3.05) is 6.61 Å². The fourth-order valence-electron chi connectivity index (χ4n) is 3.22. The Kier molecular flexibility index (Phi) is 5.03. The Hall–Kier alpha value is -0.393. The molecular weight excluding hydrogens is 260 g/mol. The molecule has 19 heavy (non-hydrogen) atoms. The standard InChI is InChI=1S/C14H26O4Si/c1-4-16-14(3,18-10(2)15)19-8-7-11-5-6-12-13(9-11)17-12/h11-13H,4-9,19H2,1-3H3. The first-order valence-corrected chi connectivity index (χ1v) is 9.22. The fraction of sp³-hybridized carbons (Fsp3) is 0.929. The summed E-state index contributed by atoms with van der Waals surface area (Å²) in [5.41, 5.74) is -0.617. The van der Waals surface area contributed by atoms with E-state index in [2.05, 4.69) is 0 Å². The van der Waals surface area contributed by atoms with Crippen molar-refractivity contribution >= 4 is 15.5 Å². The fourth-order valence-corrected chi connectivity index (χ4v) is 5.30. The zero-order valence-corrected chi connectivity index (χ0v) is 13.7. The second-order valence-electron chi connectivity index (χ2n) is 5.94. The number of rotatable bonds is 7. The van der Waals surface area contributed by atoms with Crippen molar-refractivity contribution in [1.82, 2.24) is 0 Å². The minimum atomic E-state index is -0.617. The molecule has 1 aliphatic carbocycles. The van der Waals surface area contributed by atoms with Gasteiger partial charge in [0.05, 0.1) is 12.2 Å². The normalized spacial score (nSPS) is 32.9. The third kappa shape index (κ3) is 4.58. The number of hydrogen-bond donors (Lipinski definition) is 0. The van der Waals surface area contributed by atoms with E-state index in [-0.39, 0.29) is 5.97 Å². The van der Waals surface area contributed by atoms with Crippen LogP contribution in [0.3, 0.4) is 0 Å². The summed E-state index contributed by atoms with van der Waals surface area (Å²) < 4.78 is 16.6. The Balaban J connectivity index is 1.70. The zero-order chi connectivity index (χ0) is 13.9. The maximum Gasteiger partial charge on any atom is 0.304 e. The maximum atomic E-state index is 11.2. The molecule has 1 saturated carbocycles. The van der Waals surface area contributed by atoms with E-state index < -0.39 is 14.9 Å². The van der Waals surface area contributed by atoms with Crippen molar-refractivity contribution in [2.24, 2.45) is 5.92 Å². The monoisotopic (exact) mass is 286 g/mol. The van der Waals surface area contributed by atoms with Gasteiger partial charge in [0, 0.05) is 13.5 Å². The average Bonchev–Trinajstić information content (AvgIpc) is 3.06. The van der Waals surface area contributed by atoms with Gasteiger partial charge in [-0.1, -0.05) is 12.5 Å². The van der Waals surface area contributed by atoms with Gasteiger partial charge in [-0.3, -0.25) is 4.79 Å². The molecule has 1 heterocycles. The molecule has 5 heteroatoms. The van der Waals surface area contributed by atoms with E-state index >= 15 is 0 Å². The minimum Gasteiger partial charge on any atom is -0.439 e. The highest BCUT2D eigenvalue weighted by Crippen LogP contribution is 2.41. The van der Waals surface area contributed by atoms with Gasteiger partial charge in [0.25, 0.3) is 0 Å². The van der Waals surface area contributed by atoms with Crippen molar-refractivity contribution in [3.63, 3.8) is 0 Å². The predicted octanol–water partition coefficient (Wildman–Crippen LogP) is 1.80. The molecule has 0 N–H and O–H groups in total. The van der Waals surface area contributed by atoms with E-state index in [4.69, 9.17) is 14.2 Å². The van der Waals surface area contributed by atoms with E-state index in [9.17, 15) is 4.79 Å². The van der Waals surface area contributed by atoms with Crippen LogP contribution in [0.5, 0.6) is 0 Å². The van der Waals surface area contributed by atoms with Crippen molar-refractivity contribution in [2.45, 2.75) is 70.1 Å². The molecule has 2 rings (SSSR count). The van der Waals surface area contributed by atoms with Crippen LogP contribution in [0.1, 0.15) is 46.5 Å². The van der Waals surface area contributed by atoms with Crippen LogP contribution in [0.15, 0.2) is 0 Å². The summed E-state index contributed by atoms with van der Waals surface area (Å²) in [6.07, 6.45) is 6.16. The first-order chi connectivity index (χ1) is 9.02. The second-order valence-corrected chi connectivity index (χ2v) is 8.44. The van der Waals surface area contributed by atoms with Crippen molar-refractivity contribution in [1.29, 1.82) is 0 Å². The van der Waals surface area contributed by atoms with E-state index in [1.165, 1.54) is 38.7 Å². The molecule has 0 aromatic rings. The molecule has 0 aromatic carbocycles. The lowest BCUT2D eigenvalue weighted by atomic mass is 9.88. The molecule has 4 nitrogen and oxygen atoms in total. The lowest BCUT2D eigenvalue weighted by Gasteiger charge is -2.29. The van der Waals surface area contributed by atoms with Gasteiger partial charge in [-0.05, 0) is 39.0 Å². The van der Waals surface area contributed by atoms with Crippen LogP contribution in [0, 0.1) is 5.92 Å². The number of ether oxygens (including phenoxy) is 3. The Bertz CT molecular complexity index is 323. The van der Waals surface area contributed by atoms with Crippen molar-refractivity contribution in [3.05, 3.63) is 0 Å². The second kappa shape index (κ2) is 6.37. The van der Waals surface area contributed by atoms with Gasteiger partial charge in [0.15, 0.2) is 5.41 Å². The van der Waals surface area contributed by atoms with Crippen LogP contribution in [-0.4, -0.2) is 39.7 Å². The van der Waals surface area contributed by atoms with E-state index in [0.717, 1.165) is 5.92 Å². The van der Waals surface area contributed by atoms with Gasteiger partial charge < -0.3 is 14.2 Å². The van der Waals surface area contributed by atoms with Gasteiger partial charge in [-0.25, -0.2) is 0 Å². The van der Waals surface area contributed by atoms with Crippen LogP contribution in [0.2, 0.25) is 6.04 Å². The average molecular weight is 286 g/mol. The number of fused-ring (bicyclic) bond motifs is 1. The molecule has 0 amide bonds. The Labute approximate surface area is 118 Å². The molecule has 1 saturated heterocycles. The number of epoxide rings is 1. The van der Waals surface area contributed by atoms with Gasteiger partial charge in [-0.15, -0.1) is 0 Å². The summed E-state index contributed by atoms with van der Waals surface area (Å²) in [6, 6.07) is 1.17. The van der Waals surface area contributed by atoms with Crippen LogP contribution >= 0.6 is 0 Å². The minimum absolute atomic E-state index is 0.240. The van der Waals surface area contributed by atoms with Crippen molar-refractivity contribution in [3.8, 4) is 0 Å². The molecule has 0 radical (unpaired) electrons. The molecule has 4 atom stereocenters. The van der Waals surface area contributed by atoms with Crippen LogP contribution in [-0.2, 0) is 19.0 Å². The molecule has 0 bridgehead atoms. The van der Waals surface area contributed by atoms with E-state index in [1.807, 2.05) is 13.8 Å². The molecule has 2 fully saturated rings. The number of carbonyl (C=O) groups is 1. The highest BCUT2D eigenvalue weighted by molar-refractivity contribution is 6.39. The molecule has 2 aliphatic rings. The summed E-state index contributed by atoms with van der Waals surface area (Å²) in [7, 11) is -0.579. The molecule has 0 spiro atoms. The summed E-state index contributed by atoms with van der Waals surface area (Å²) >= 11 is 0. The summed E-state index contributed by atoms with van der Waals surface area (Å²) in [5, 5.41) is 0. The quantitative estimate of drug-likeness (QED) is 0.310. The SMILES string of the molecule is CCOC(C)(OC(C)=O)[SiH2]CCC1CCC2OC2C1. The zero-order valence-electron chi connectivity index (χ0n) is 12.3. The third-order valence-corrected chi connectivity index (χ3v) is 6.18. The molecule has 110 valence electrons. The number of hydrogen-bond acceptors (Lipinski definition) is 4. The van der Waals surface area contributed by atoms with E-state index in [0.29, 0.717) is 18.8 Å². The predicted molar refractivity (Wildman–Crippen MR) is 75.8 cm³/mol. The van der Waals surface area contributed by atoms with Crippen LogP contribution < -0.4 is 0 Å². The van der Waals surface area contributed by atoms with Gasteiger partial charge in [0.2, 0.25) is 0 Å². The first-order valence-electron chi connectivity index (χ1n) is 7.51.